The summed E-state index contributed by atoms with van der Waals surface area (Å²) in [6, 6.07) is 6.39. The lowest BCUT2D eigenvalue weighted by Crippen LogP contribution is -2.43. The smallest absolute Gasteiger partial charge is 0.116 e. The first-order chi connectivity index (χ1) is 12.6. The number of fused-ring (bicyclic) bond motifs is 1. The van der Waals surface area contributed by atoms with Crippen molar-refractivity contribution in [3.8, 4) is 11.4 Å². The zero-order valence-corrected chi connectivity index (χ0v) is 15.2. The molecule has 4 rings (SSSR count). The number of aryl methyl sites for hydroxylation is 1. The second-order valence-corrected chi connectivity index (χ2v) is 7.04. The molecule has 2 aromatic rings. The minimum absolute atomic E-state index is 0.220. The molecule has 0 amide bonds. The maximum Gasteiger partial charge on any atom is 0.116 e. The van der Waals surface area contributed by atoms with Gasteiger partial charge in [-0.1, -0.05) is 18.2 Å². The van der Waals surface area contributed by atoms with Gasteiger partial charge >= 0.3 is 0 Å². The molecule has 5 nitrogen and oxygen atoms in total. The summed E-state index contributed by atoms with van der Waals surface area (Å²) >= 11 is 0. The Balaban J connectivity index is 1.45. The van der Waals surface area contributed by atoms with E-state index in [0.717, 1.165) is 54.4 Å². The second kappa shape index (κ2) is 7.03. The summed E-state index contributed by atoms with van der Waals surface area (Å²) in [5, 5.41) is 8.15. The van der Waals surface area contributed by atoms with Crippen molar-refractivity contribution >= 4 is 0 Å². The fraction of sp³-hybridized carbons (Fsp3) is 0.400. The van der Waals surface area contributed by atoms with Crippen LogP contribution in [0.25, 0.3) is 11.4 Å². The van der Waals surface area contributed by atoms with Gasteiger partial charge in [0.1, 0.15) is 12.4 Å². The molecular weight excluding hydrogens is 329 g/mol. The number of dihydropyridines is 1. The van der Waals surface area contributed by atoms with Gasteiger partial charge in [-0.3, -0.25) is 14.6 Å². The number of hydrogen-bond donors (Lipinski definition) is 1. The van der Waals surface area contributed by atoms with Crippen molar-refractivity contribution in [3.63, 3.8) is 0 Å². The maximum absolute atomic E-state index is 12.9. The summed E-state index contributed by atoms with van der Waals surface area (Å²) in [4.78, 5) is 6.90. The van der Waals surface area contributed by atoms with Crippen LogP contribution in [0.3, 0.4) is 0 Å². The van der Waals surface area contributed by atoms with E-state index in [1.165, 1.54) is 5.69 Å². The van der Waals surface area contributed by atoms with Crippen LogP contribution in [0.4, 0.5) is 4.39 Å². The van der Waals surface area contributed by atoms with Crippen molar-refractivity contribution in [2.45, 2.75) is 33.0 Å². The molecule has 4 heterocycles. The molecule has 0 bridgehead atoms. The quantitative estimate of drug-likeness (QED) is 0.918. The van der Waals surface area contributed by atoms with Gasteiger partial charge in [0.25, 0.3) is 0 Å². The predicted molar refractivity (Wildman–Crippen MR) is 100 cm³/mol. The summed E-state index contributed by atoms with van der Waals surface area (Å²) in [7, 11) is 0. The Morgan fingerprint density at radius 2 is 2.19 bits per heavy atom. The largest absolute Gasteiger partial charge is 0.381 e. The van der Waals surface area contributed by atoms with Crippen molar-refractivity contribution in [1.82, 2.24) is 25.0 Å². The molecule has 2 aliphatic heterocycles. The Morgan fingerprint density at radius 1 is 1.31 bits per heavy atom. The highest BCUT2D eigenvalue weighted by Gasteiger charge is 2.22. The van der Waals surface area contributed by atoms with Gasteiger partial charge < -0.3 is 5.32 Å². The topological polar surface area (TPSA) is 46.0 Å². The summed E-state index contributed by atoms with van der Waals surface area (Å²) < 4.78 is 15.0. The normalized spacial score (nSPS) is 20.2. The lowest BCUT2D eigenvalue weighted by Gasteiger charge is -2.32. The van der Waals surface area contributed by atoms with Crippen LogP contribution in [0.2, 0.25) is 0 Å². The molecule has 26 heavy (non-hydrogen) atoms. The standard InChI is InChI=1S/C20H24FN5/c1-14-4-3-7-22-20(14)19-10-18-13-25(8-9-26(18)24-19)12-17-6-5-16(11-21)15(2)23-17/h3-7,10,17,23H,8-9,11-13H2,1-2H3. The minimum Gasteiger partial charge on any atom is -0.381 e. The first-order valence-corrected chi connectivity index (χ1v) is 9.05. The molecule has 136 valence electrons. The van der Waals surface area contributed by atoms with Gasteiger partial charge in [0.15, 0.2) is 0 Å². The summed E-state index contributed by atoms with van der Waals surface area (Å²) in [6.07, 6.45) is 5.79. The van der Waals surface area contributed by atoms with Crippen molar-refractivity contribution in [1.29, 1.82) is 0 Å². The van der Waals surface area contributed by atoms with E-state index >= 15 is 0 Å². The fourth-order valence-electron chi connectivity index (χ4n) is 3.65. The average Bonchev–Trinajstić information content (AvgIpc) is 3.05. The Kier molecular flexibility index (Phi) is 4.59. The van der Waals surface area contributed by atoms with Crippen LogP contribution >= 0.6 is 0 Å². The average molecular weight is 353 g/mol. The first-order valence-electron chi connectivity index (χ1n) is 9.05. The van der Waals surface area contributed by atoms with Gasteiger partial charge in [0.2, 0.25) is 0 Å². The Morgan fingerprint density at radius 3 is 2.96 bits per heavy atom. The molecule has 2 aliphatic rings. The van der Waals surface area contributed by atoms with Crippen molar-refractivity contribution in [2.75, 3.05) is 19.8 Å². The number of rotatable bonds is 4. The number of allylic oxidation sites excluding steroid dienone is 3. The van der Waals surface area contributed by atoms with E-state index in [1.54, 1.807) is 0 Å². The fourth-order valence-corrected chi connectivity index (χ4v) is 3.65. The summed E-state index contributed by atoms with van der Waals surface area (Å²) in [5.74, 6) is 0. The summed E-state index contributed by atoms with van der Waals surface area (Å²) in [5.41, 5.74) is 5.94. The number of alkyl halides is 1. The molecular formula is C20H24FN5. The van der Waals surface area contributed by atoms with E-state index in [9.17, 15) is 4.39 Å². The SMILES string of the molecule is CC1=C(CF)C=CC(CN2CCn3nc(-c4ncccc4C)cc3C2)N1. The van der Waals surface area contributed by atoms with Crippen LogP contribution in [0.5, 0.6) is 0 Å². The number of halogens is 1. The number of nitrogens with one attached hydrogen (secondary N) is 1. The van der Waals surface area contributed by atoms with Gasteiger partial charge in [-0.15, -0.1) is 0 Å². The number of pyridine rings is 1. The van der Waals surface area contributed by atoms with E-state index in [1.807, 2.05) is 25.3 Å². The van der Waals surface area contributed by atoms with E-state index in [2.05, 4.69) is 45.0 Å². The van der Waals surface area contributed by atoms with Gasteiger partial charge in [0, 0.05) is 37.1 Å². The highest BCUT2D eigenvalue weighted by atomic mass is 19.1. The molecule has 0 saturated heterocycles. The van der Waals surface area contributed by atoms with E-state index < -0.39 is 6.67 Å². The lowest BCUT2D eigenvalue weighted by atomic mass is 10.1. The third kappa shape index (κ3) is 3.29. The number of nitrogens with zero attached hydrogens (tertiary/aromatic N) is 4. The second-order valence-electron chi connectivity index (χ2n) is 7.04. The predicted octanol–water partition coefficient (Wildman–Crippen LogP) is 2.84. The number of aromatic nitrogens is 3. The van der Waals surface area contributed by atoms with Crippen molar-refractivity contribution < 1.29 is 4.39 Å². The van der Waals surface area contributed by atoms with Gasteiger partial charge in [0.05, 0.1) is 24.0 Å². The molecule has 0 fully saturated rings. The molecule has 0 saturated carbocycles. The number of hydrogen-bond acceptors (Lipinski definition) is 4. The zero-order valence-electron chi connectivity index (χ0n) is 15.2. The highest BCUT2D eigenvalue weighted by molar-refractivity contribution is 5.58. The van der Waals surface area contributed by atoms with Crippen LogP contribution in [-0.4, -0.2) is 45.5 Å². The lowest BCUT2D eigenvalue weighted by molar-refractivity contribution is 0.203. The molecule has 1 N–H and O–H groups in total. The molecule has 1 unspecified atom stereocenters. The molecule has 0 aliphatic carbocycles. The van der Waals surface area contributed by atoms with Gasteiger partial charge in [-0.05, 0) is 31.5 Å². The third-order valence-electron chi connectivity index (χ3n) is 5.14. The van der Waals surface area contributed by atoms with Crippen LogP contribution in [0.15, 0.2) is 47.8 Å². The van der Waals surface area contributed by atoms with E-state index in [0.29, 0.717) is 0 Å². The van der Waals surface area contributed by atoms with Crippen molar-refractivity contribution in [3.05, 3.63) is 59.1 Å². The molecule has 6 heteroatoms. The molecule has 0 radical (unpaired) electrons. The Labute approximate surface area is 153 Å². The van der Waals surface area contributed by atoms with Gasteiger partial charge in [-0.25, -0.2) is 4.39 Å². The zero-order chi connectivity index (χ0) is 18.1. The van der Waals surface area contributed by atoms with E-state index in [4.69, 9.17) is 5.10 Å². The van der Waals surface area contributed by atoms with Crippen LogP contribution in [0.1, 0.15) is 18.2 Å². The molecule has 1 atom stereocenters. The first kappa shape index (κ1) is 17.0. The minimum atomic E-state index is -0.416. The van der Waals surface area contributed by atoms with Crippen molar-refractivity contribution in [2.24, 2.45) is 0 Å². The van der Waals surface area contributed by atoms with Gasteiger partial charge in [-0.2, -0.15) is 5.10 Å². The maximum atomic E-state index is 12.9. The highest BCUT2D eigenvalue weighted by Crippen LogP contribution is 2.23. The molecule has 2 aromatic heterocycles. The molecule has 0 aromatic carbocycles. The van der Waals surface area contributed by atoms with Crippen LogP contribution < -0.4 is 5.32 Å². The third-order valence-corrected chi connectivity index (χ3v) is 5.14. The van der Waals surface area contributed by atoms with Crippen LogP contribution in [-0.2, 0) is 13.1 Å². The van der Waals surface area contributed by atoms with E-state index in [-0.39, 0.29) is 6.04 Å². The Bertz CT molecular complexity index is 867. The van der Waals surface area contributed by atoms with Crippen LogP contribution in [0, 0.1) is 6.92 Å². The monoisotopic (exact) mass is 353 g/mol. The molecule has 0 spiro atoms. The Hall–Kier alpha value is -2.47. The summed E-state index contributed by atoms with van der Waals surface area (Å²) in [6.45, 7) is 7.19.